The molecule has 0 aliphatic rings. The third-order valence-corrected chi connectivity index (χ3v) is 3.65. The van der Waals surface area contributed by atoms with Gasteiger partial charge in [-0.05, 0) is 41.1 Å². The first-order chi connectivity index (χ1) is 9.22. The lowest BCUT2D eigenvalue weighted by Gasteiger charge is -2.05. The number of H-pyrrole nitrogens is 1. The van der Waals surface area contributed by atoms with Gasteiger partial charge in [0, 0.05) is 22.7 Å². The molecule has 19 heavy (non-hydrogen) atoms. The number of fused-ring (bicyclic) bond motifs is 1. The van der Waals surface area contributed by atoms with Gasteiger partial charge in [0.1, 0.15) is 0 Å². The van der Waals surface area contributed by atoms with E-state index in [1.54, 1.807) is 11.3 Å². The van der Waals surface area contributed by atoms with Crippen LogP contribution in [-0.2, 0) is 0 Å². The molecule has 3 aromatic rings. The van der Waals surface area contributed by atoms with Crippen molar-refractivity contribution < 1.29 is 4.79 Å². The molecular formula is C14H10N2O2S. The largest absolute Gasteiger partial charge is 0.328 e. The van der Waals surface area contributed by atoms with Crippen LogP contribution in [0.2, 0.25) is 0 Å². The van der Waals surface area contributed by atoms with Gasteiger partial charge in [-0.2, -0.15) is 0 Å². The minimum Gasteiger partial charge on any atom is -0.328 e. The van der Waals surface area contributed by atoms with E-state index in [9.17, 15) is 9.59 Å². The van der Waals surface area contributed by atoms with E-state index in [4.69, 9.17) is 0 Å². The maximum atomic E-state index is 12.0. The van der Waals surface area contributed by atoms with Crippen molar-refractivity contribution in [3.63, 3.8) is 0 Å². The zero-order chi connectivity index (χ0) is 13.2. The summed E-state index contributed by atoms with van der Waals surface area (Å²) < 4.78 is 1.18. The number of benzene rings is 1. The standard InChI is InChI=1S/C14H10N2O2S/c17-13-4-1-10(8-15-13)14(18)16-11-2-3-12-9(7-11)5-6-19-12/h1-8H,(H,15,17)(H,16,18). The number of aromatic amines is 1. The molecule has 1 aromatic carbocycles. The summed E-state index contributed by atoms with van der Waals surface area (Å²) in [6.45, 7) is 0. The van der Waals surface area contributed by atoms with Crippen molar-refractivity contribution in [1.82, 2.24) is 4.98 Å². The number of pyridine rings is 1. The van der Waals surface area contributed by atoms with E-state index in [-0.39, 0.29) is 11.5 Å². The molecule has 2 heterocycles. The van der Waals surface area contributed by atoms with Gasteiger partial charge in [-0.25, -0.2) is 0 Å². The summed E-state index contributed by atoms with van der Waals surface area (Å²) in [5.41, 5.74) is 0.934. The Balaban J connectivity index is 1.85. The second kappa shape index (κ2) is 4.70. The monoisotopic (exact) mass is 270 g/mol. The molecule has 3 rings (SSSR count). The van der Waals surface area contributed by atoms with E-state index >= 15 is 0 Å². The molecule has 0 saturated heterocycles. The fourth-order valence-electron chi connectivity index (χ4n) is 1.80. The maximum Gasteiger partial charge on any atom is 0.257 e. The molecular weight excluding hydrogens is 260 g/mol. The number of thiophene rings is 1. The number of hydrogen-bond donors (Lipinski definition) is 2. The summed E-state index contributed by atoms with van der Waals surface area (Å²) in [5.74, 6) is -0.245. The van der Waals surface area contributed by atoms with Crippen molar-refractivity contribution in [1.29, 1.82) is 0 Å². The highest BCUT2D eigenvalue weighted by molar-refractivity contribution is 7.17. The number of nitrogens with one attached hydrogen (secondary N) is 2. The van der Waals surface area contributed by atoms with Crippen molar-refractivity contribution in [2.75, 3.05) is 5.32 Å². The van der Waals surface area contributed by atoms with Gasteiger partial charge < -0.3 is 10.3 Å². The number of aromatic nitrogens is 1. The van der Waals surface area contributed by atoms with Gasteiger partial charge in [-0.15, -0.1) is 11.3 Å². The number of anilines is 1. The molecule has 4 nitrogen and oxygen atoms in total. The second-order valence-electron chi connectivity index (χ2n) is 4.07. The Bertz CT molecular complexity index is 784. The van der Waals surface area contributed by atoms with Crippen LogP contribution < -0.4 is 10.9 Å². The zero-order valence-electron chi connectivity index (χ0n) is 9.84. The van der Waals surface area contributed by atoms with Crippen LogP contribution in [-0.4, -0.2) is 10.9 Å². The summed E-state index contributed by atoms with van der Waals surface area (Å²) in [7, 11) is 0. The summed E-state index contributed by atoms with van der Waals surface area (Å²) in [6.07, 6.45) is 1.40. The van der Waals surface area contributed by atoms with Crippen LogP contribution in [0.5, 0.6) is 0 Å². The van der Waals surface area contributed by atoms with Gasteiger partial charge in [0.15, 0.2) is 0 Å². The number of rotatable bonds is 2. The quantitative estimate of drug-likeness (QED) is 0.752. The Kier molecular flexibility index (Phi) is 2.89. The summed E-state index contributed by atoms with van der Waals surface area (Å²) in [6, 6.07) is 10.6. The molecule has 0 aliphatic heterocycles. The van der Waals surface area contributed by atoms with Crippen molar-refractivity contribution in [3.8, 4) is 0 Å². The number of amides is 1. The Labute approximate surface area is 112 Å². The highest BCUT2D eigenvalue weighted by Crippen LogP contribution is 2.24. The zero-order valence-corrected chi connectivity index (χ0v) is 10.7. The Morgan fingerprint density at radius 3 is 2.84 bits per heavy atom. The van der Waals surface area contributed by atoms with Crippen LogP contribution in [0.4, 0.5) is 5.69 Å². The molecule has 2 aromatic heterocycles. The lowest BCUT2D eigenvalue weighted by molar-refractivity contribution is 0.102. The van der Waals surface area contributed by atoms with Crippen LogP contribution in [0.3, 0.4) is 0 Å². The number of carbonyl (C=O) groups is 1. The SMILES string of the molecule is O=C(Nc1ccc2sccc2c1)c1ccc(=O)[nH]c1. The van der Waals surface area contributed by atoms with Crippen molar-refractivity contribution in [2.45, 2.75) is 0 Å². The van der Waals surface area contributed by atoms with Gasteiger partial charge in [0.2, 0.25) is 5.56 Å². The molecule has 0 atom stereocenters. The lowest BCUT2D eigenvalue weighted by atomic mass is 10.2. The molecule has 1 amide bonds. The highest BCUT2D eigenvalue weighted by atomic mass is 32.1. The van der Waals surface area contributed by atoms with E-state index in [2.05, 4.69) is 10.3 Å². The Hall–Kier alpha value is -2.40. The first-order valence-electron chi connectivity index (χ1n) is 5.70. The fraction of sp³-hybridized carbons (Fsp3) is 0. The molecule has 2 N–H and O–H groups in total. The smallest absolute Gasteiger partial charge is 0.257 e. The average molecular weight is 270 g/mol. The van der Waals surface area contributed by atoms with Crippen LogP contribution in [0, 0.1) is 0 Å². The second-order valence-corrected chi connectivity index (χ2v) is 5.02. The number of hydrogen-bond acceptors (Lipinski definition) is 3. The van der Waals surface area contributed by atoms with Crippen LogP contribution in [0.15, 0.2) is 52.8 Å². The van der Waals surface area contributed by atoms with Gasteiger partial charge in [0.05, 0.1) is 5.56 Å². The molecule has 5 heteroatoms. The van der Waals surface area contributed by atoms with Crippen LogP contribution in [0.1, 0.15) is 10.4 Å². The van der Waals surface area contributed by atoms with Gasteiger partial charge in [-0.3, -0.25) is 9.59 Å². The van der Waals surface area contributed by atoms with E-state index in [0.29, 0.717) is 5.56 Å². The van der Waals surface area contributed by atoms with Crippen molar-refractivity contribution in [2.24, 2.45) is 0 Å². The minimum absolute atomic E-state index is 0.226. The third kappa shape index (κ3) is 2.41. The third-order valence-electron chi connectivity index (χ3n) is 2.76. The Morgan fingerprint density at radius 1 is 1.16 bits per heavy atom. The van der Waals surface area contributed by atoms with E-state index < -0.39 is 0 Å². The molecule has 0 saturated carbocycles. The van der Waals surface area contributed by atoms with Crippen molar-refractivity contribution in [3.05, 3.63) is 63.9 Å². The minimum atomic E-state index is -0.245. The molecule has 0 unspecified atom stereocenters. The number of carbonyl (C=O) groups excluding carboxylic acids is 1. The van der Waals surface area contributed by atoms with Gasteiger partial charge in [-0.1, -0.05) is 0 Å². The highest BCUT2D eigenvalue weighted by Gasteiger charge is 2.06. The van der Waals surface area contributed by atoms with Gasteiger partial charge >= 0.3 is 0 Å². The van der Waals surface area contributed by atoms with Crippen LogP contribution in [0.25, 0.3) is 10.1 Å². The predicted molar refractivity (Wildman–Crippen MR) is 76.8 cm³/mol. The topological polar surface area (TPSA) is 62.0 Å². The lowest BCUT2D eigenvalue weighted by Crippen LogP contribution is -2.14. The van der Waals surface area contributed by atoms with E-state index in [1.165, 1.54) is 23.0 Å². The molecule has 94 valence electrons. The maximum absolute atomic E-state index is 12.0. The first-order valence-corrected chi connectivity index (χ1v) is 6.58. The predicted octanol–water partition coefficient (Wildman–Crippen LogP) is 2.84. The fourth-order valence-corrected chi connectivity index (χ4v) is 2.57. The molecule has 0 fully saturated rings. The molecule has 0 aliphatic carbocycles. The van der Waals surface area contributed by atoms with Crippen molar-refractivity contribution >= 4 is 33.0 Å². The molecule has 0 spiro atoms. The normalized spacial score (nSPS) is 10.5. The summed E-state index contributed by atoms with van der Waals surface area (Å²) >= 11 is 1.66. The Morgan fingerprint density at radius 2 is 2.05 bits per heavy atom. The molecule has 0 bridgehead atoms. The van der Waals surface area contributed by atoms with Crippen LogP contribution >= 0.6 is 11.3 Å². The summed E-state index contributed by atoms with van der Waals surface area (Å²) in [4.78, 5) is 25.4. The average Bonchev–Trinajstić information content (AvgIpc) is 2.87. The van der Waals surface area contributed by atoms with E-state index in [0.717, 1.165) is 11.1 Å². The van der Waals surface area contributed by atoms with Gasteiger partial charge in [0.25, 0.3) is 5.91 Å². The van der Waals surface area contributed by atoms with E-state index in [1.807, 2.05) is 29.6 Å². The summed E-state index contributed by atoms with van der Waals surface area (Å²) in [5, 5.41) is 5.92. The molecule has 0 radical (unpaired) electrons. The first kappa shape index (κ1) is 11.7.